The van der Waals surface area contributed by atoms with Gasteiger partial charge in [0.05, 0.1) is 24.9 Å². The molecule has 0 fully saturated rings. The van der Waals surface area contributed by atoms with Gasteiger partial charge in [0.1, 0.15) is 0 Å². The minimum Gasteiger partial charge on any atom is -0.394 e. The van der Waals surface area contributed by atoms with Crippen LogP contribution in [0, 0.1) is 0 Å². The highest BCUT2D eigenvalue weighted by molar-refractivity contribution is 5.30. The molecule has 6 heteroatoms. The molecule has 98 valence electrons. The number of aliphatic hydroxyl groups excluding tert-OH is 1. The van der Waals surface area contributed by atoms with Crippen molar-refractivity contribution in [1.29, 1.82) is 0 Å². The number of benzene rings is 1. The van der Waals surface area contributed by atoms with Crippen LogP contribution < -0.4 is 11.4 Å². The molecule has 0 aliphatic carbocycles. The second kappa shape index (κ2) is 4.40. The molecule has 3 rings (SSSR count). The molecule has 6 nitrogen and oxygen atoms in total. The first-order valence-electron chi connectivity index (χ1n) is 6.01. The predicted octanol–water partition coefficient (Wildman–Crippen LogP) is -0.0961. The van der Waals surface area contributed by atoms with Gasteiger partial charge in [-0.2, -0.15) is 0 Å². The van der Waals surface area contributed by atoms with Crippen LogP contribution in [0.1, 0.15) is 6.04 Å². The summed E-state index contributed by atoms with van der Waals surface area (Å²) in [5.41, 5.74) is -0.290. The lowest BCUT2D eigenvalue weighted by atomic mass is 10.3. The zero-order chi connectivity index (χ0) is 13.4. The van der Waals surface area contributed by atoms with E-state index in [9.17, 15) is 14.7 Å². The van der Waals surface area contributed by atoms with Gasteiger partial charge >= 0.3 is 11.4 Å². The second-order valence-electron chi connectivity index (χ2n) is 4.34. The SMILES string of the molecule is O=c1n(-c2ccccc2)c(=O)n2n1CC=C[13C@H]2CO. The number of hydrogen-bond acceptors (Lipinski definition) is 3. The third-order valence-corrected chi connectivity index (χ3v) is 3.21. The normalized spacial score (nSPS) is 17.4. The topological polar surface area (TPSA) is 69.2 Å². The van der Waals surface area contributed by atoms with Crippen LogP contribution in [-0.2, 0) is 6.54 Å². The summed E-state index contributed by atoms with van der Waals surface area (Å²) in [4.78, 5) is 24.7. The maximum Gasteiger partial charge on any atom is 0.352 e. The fourth-order valence-electron chi connectivity index (χ4n) is 2.32. The Kier molecular flexibility index (Phi) is 2.72. The second-order valence-corrected chi connectivity index (χ2v) is 4.34. The molecule has 1 aromatic heterocycles. The number of para-hydroxylation sites is 1. The van der Waals surface area contributed by atoms with Crippen molar-refractivity contribution in [2.75, 3.05) is 6.61 Å². The largest absolute Gasteiger partial charge is 0.394 e. The number of rotatable bonds is 2. The molecule has 0 amide bonds. The summed E-state index contributed by atoms with van der Waals surface area (Å²) in [5.74, 6) is 0. The van der Waals surface area contributed by atoms with Crippen molar-refractivity contribution in [3.63, 3.8) is 0 Å². The molecular formula is C13H13N3O3. The van der Waals surface area contributed by atoms with E-state index in [0.29, 0.717) is 12.2 Å². The fourth-order valence-corrected chi connectivity index (χ4v) is 2.32. The van der Waals surface area contributed by atoms with Gasteiger partial charge in [-0.1, -0.05) is 30.4 Å². The van der Waals surface area contributed by atoms with Crippen LogP contribution in [0.3, 0.4) is 0 Å². The third-order valence-electron chi connectivity index (χ3n) is 3.21. The first-order chi connectivity index (χ1) is 9.24. The summed E-state index contributed by atoms with van der Waals surface area (Å²) in [6.07, 6.45) is 3.51. The first-order valence-corrected chi connectivity index (χ1v) is 6.01. The van der Waals surface area contributed by atoms with E-state index in [-0.39, 0.29) is 12.3 Å². The van der Waals surface area contributed by atoms with E-state index in [4.69, 9.17) is 0 Å². The molecule has 0 bridgehead atoms. The molecule has 1 atom stereocenters. The fraction of sp³-hybridized carbons (Fsp3) is 0.231. The Labute approximate surface area is 108 Å². The summed E-state index contributed by atoms with van der Waals surface area (Å²) in [6, 6.07) is 8.28. The van der Waals surface area contributed by atoms with Crippen LogP contribution in [0.25, 0.3) is 5.69 Å². The smallest absolute Gasteiger partial charge is 0.352 e. The van der Waals surface area contributed by atoms with Gasteiger partial charge in [-0.3, -0.25) is 0 Å². The van der Waals surface area contributed by atoms with Crippen LogP contribution in [0.2, 0.25) is 0 Å². The third kappa shape index (κ3) is 1.68. The Morgan fingerprint density at radius 3 is 2.58 bits per heavy atom. The van der Waals surface area contributed by atoms with E-state index < -0.39 is 11.7 Å². The lowest BCUT2D eigenvalue weighted by Gasteiger charge is -2.18. The van der Waals surface area contributed by atoms with Crippen molar-refractivity contribution in [3.05, 3.63) is 63.5 Å². The Morgan fingerprint density at radius 1 is 1.16 bits per heavy atom. The molecule has 2 heterocycles. The van der Waals surface area contributed by atoms with Gasteiger partial charge in [-0.05, 0) is 12.1 Å². The molecule has 1 aromatic carbocycles. The van der Waals surface area contributed by atoms with Gasteiger partial charge in [0.15, 0.2) is 0 Å². The minimum absolute atomic E-state index is 0.214. The maximum absolute atomic E-state index is 12.4. The Balaban J connectivity index is 2.28. The van der Waals surface area contributed by atoms with Crippen LogP contribution in [-0.4, -0.2) is 25.6 Å². The first kappa shape index (κ1) is 11.7. The highest BCUT2D eigenvalue weighted by atomic mass is 16.3. The molecule has 0 saturated heterocycles. The molecule has 0 unspecified atom stereocenters. The van der Waals surface area contributed by atoms with E-state index in [2.05, 4.69) is 0 Å². The molecule has 1 N–H and O–H groups in total. The minimum atomic E-state index is -0.487. The van der Waals surface area contributed by atoms with Crippen molar-refractivity contribution >= 4 is 0 Å². The molecule has 0 saturated carbocycles. The van der Waals surface area contributed by atoms with E-state index in [1.54, 1.807) is 36.4 Å². The predicted molar refractivity (Wildman–Crippen MR) is 69.6 cm³/mol. The van der Waals surface area contributed by atoms with Crippen molar-refractivity contribution < 1.29 is 5.11 Å². The van der Waals surface area contributed by atoms with Crippen LogP contribution >= 0.6 is 0 Å². The highest BCUT2D eigenvalue weighted by Crippen LogP contribution is 2.10. The molecule has 1 aliphatic heterocycles. The summed E-state index contributed by atoms with van der Waals surface area (Å²) in [5, 5.41) is 9.30. The number of aromatic nitrogens is 3. The number of hydrogen-bond donors (Lipinski definition) is 1. The van der Waals surface area contributed by atoms with E-state index in [1.807, 2.05) is 6.07 Å². The average Bonchev–Trinajstić information content (AvgIpc) is 2.72. The summed E-state index contributed by atoms with van der Waals surface area (Å²) < 4.78 is 3.77. The monoisotopic (exact) mass is 260 g/mol. The van der Waals surface area contributed by atoms with Crippen molar-refractivity contribution in [1.82, 2.24) is 13.9 Å². The zero-order valence-corrected chi connectivity index (χ0v) is 10.1. The van der Waals surface area contributed by atoms with E-state index >= 15 is 0 Å². The van der Waals surface area contributed by atoms with Crippen LogP contribution in [0.15, 0.2) is 52.1 Å². The summed E-state index contributed by atoms with van der Waals surface area (Å²) >= 11 is 0. The molecule has 0 radical (unpaired) electrons. The molecule has 19 heavy (non-hydrogen) atoms. The Morgan fingerprint density at radius 2 is 1.89 bits per heavy atom. The number of allylic oxidation sites excluding steroid dienone is 1. The van der Waals surface area contributed by atoms with Crippen molar-refractivity contribution in [2.45, 2.75) is 12.6 Å². The number of aliphatic hydroxyl groups is 1. The van der Waals surface area contributed by atoms with Gasteiger partial charge < -0.3 is 5.11 Å². The molecule has 2 aromatic rings. The Bertz CT molecular complexity index is 737. The van der Waals surface area contributed by atoms with Crippen LogP contribution in [0.4, 0.5) is 0 Å². The van der Waals surface area contributed by atoms with Gasteiger partial charge in [0, 0.05) is 0 Å². The van der Waals surface area contributed by atoms with Gasteiger partial charge in [-0.15, -0.1) is 0 Å². The molecule has 0 spiro atoms. The lowest BCUT2D eigenvalue weighted by Crippen LogP contribution is -2.33. The summed E-state index contributed by atoms with van der Waals surface area (Å²) in [7, 11) is 0. The number of nitrogens with zero attached hydrogens (tertiary/aromatic N) is 3. The maximum atomic E-state index is 12.4. The van der Waals surface area contributed by atoms with E-state index in [0.717, 1.165) is 4.57 Å². The number of fused-ring (bicyclic) bond motifs is 1. The molecular weight excluding hydrogens is 247 g/mol. The highest BCUT2D eigenvalue weighted by Gasteiger charge is 2.23. The van der Waals surface area contributed by atoms with Crippen LogP contribution in [0.5, 0.6) is 0 Å². The van der Waals surface area contributed by atoms with E-state index in [1.165, 1.54) is 9.36 Å². The quantitative estimate of drug-likeness (QED) is 0.606. The van der Waals surface area contributed by atoms with Gasteiger partial charge in [0.2, 0.25) is 0 Å². The lowest BCUT2D eigenvalue weighted by molar-refractivity contribution is 0.223. The Hall–Kier alpha value is -2.34. The standard InChI is InChI=1S/C13H13N3O3/c17-9-11-7-4-8-14-12(18)15(13(19)16(11)14)10-5-2-1-3-6-10/h1-7,11,17H,8-9H2/t11-/m0/s1/i11+1. The average molecular weight is 260 g/mol. The zero-order valence-electron chi connectivity index (χ0n) is 10.1. The van der Waals surface area contributed by atoms with Gasteiger partial charge in [0.25, 0.3) is 0 Å². The van der Waals surface area contributed by atoms with Crippen molar-refractivity contribution in [3.8, 4) is 5.69 Å². The summed E-state index contributed by atoms with van der Waals surface area (Å²) in [6.45, 7) is 0.124. The molecule has 1 aliphatic rings. The van der Waals surface area contributed by atoms with Gasteiger partial charge in [-0.25, -0.2) is 23.5 Å². The van der Waals surface area contributed by atoms with Crippen molar-refractivity contribution in [2.24, 2.45) is 0 Å².